The van der Waals surface area contributed by atoms with Gasteiger partial charge in [-0.2, -0.15) is 0 Å². The minimum absolute atomic E-state index is 0.0620. The van der Waals surface area contributed by atoms with Gasteiger partial charge in [0.1, 0.15) is 10.6 Å². The average molecular weight is 317 g/mol. The van der Waals surface area contributed by atoms with Crippen molar-refractivity contribution in [1.82, 2.24) is 5.16 Å². The van der Waals surface area contributed by atoms with Crippen molar-refractivity contribution in [3.8, 4) is 0 Å². The van der Waals surface area contributed by atoms with Gasteiger partial charge < -0.3 is 9.63 Å². The Hall–Kier alpha value is -2.29. The van der Waals surface area contributed by atoms with Gasteiger partial charge in [-0.05, 0) is 19.1 Å². The molecule has 21 heavy (non-hydrogen) atoms. The smallest absolute Gasteiger partial charge is 0.335 e. The van der Waals surface area contributed by atoms with E-state index < -0.39 is 43.7 Å². The number of carboxylic acid groups (broad SMARTS) is 1. The molecule has 2 aromatic rings. The Morgan fingerprint density at radius 2 is 2.00 bits per heavy atom. The molecule has 0 saturated heterocycles. The number of carboxylic acids is 1. The predicted molar refractivity (Wildman–Crippen MR) is 65.4 cm³/mol. The van der Waals surface area contributed by atoms with Gasteiger partial charge in [0.15, 0.2) is 27.2 Å². The molecule has 2 rings (SSSR count). The highest BCUT2D eigenvalue weighted by molar-refractivity contribution is 7.90. The molecule has 9 heteroatoms. The highest BCUT2D eigenvalue weighted by Gasteiger charge is 2.26. The number of benzene rings is 1. The lowest BCUT2D eigenvalue weighted by molar-refractivity contribution is 0.0696. The molecule has 0 fully saturated rings. The van der Waals surface area contributed by atoms with Gasteiger partial charge in [-0.15, -0.1) is 0 Å². The van der Waals surface area contributed by atoms with Gasteiger partial charge in [0.05, 0.1) is 11.3 Å². The van der Waals surface area contributed by atoms with Gasteiger partial charge in [0.2, 0.25) is 0 Å². The number of carbonyl (C=O) groups is 1. The van der Waals surface area contributed by atoms with Crippen LogP contribution in [0, 0.1) is 18.6 Å². The van der Waals surface area contributed by atoms with E-state index in [1.165, 1.54) is 6.07 Å². The van der Waals surface area contributed by atoms with E-state index in [2.05, 4.69) is 5.16 Å². The van der Waals surface area contributed by atoms with Crippen molar-refractivity contribution in [2.75, 3.05) is 0 Å². The van der Waals surface area contributed by atoms with Crippen LogP contribution in [0.5, 0.6) is 0 Å². The molecule has 1 aromatic carbocycles. The minimum Gasteiger partial charge on any atom is -0.478 e. The van der Waals surface area contributed by atoms with Crippen LogP contribution in [0.1, 0.15) is 21.8 Å². The molecule has 0 aliphatic carbocycles. The maximum absolute atomic E-state index is 13.7. The molecule has 0 saturated carbocycles. The van der Waals surface area contributed by atoms with Crippen LogP contribution in [0.2, 0.25) is 0 Å². The molecule has 0 amide bonds. The standard InChI is InChI=1S/C12H9F2NO5S/c1-6-2-8(20-15-6)5-21(18,19)10-4-7(12(16)17)3-9(13)11(10)14/h2-4H,5H2,1H3,(H,16,17). The number of halogens is 2. The average Bonchev–Trinajstić information content (AvgIpc) is 2.76. The van der Waals surface area contributed by atoms with Crippen molar-refractivity contribution in [2.45, 2.75) is 17.6 Å². The summed E-state index contributed by atoms with van der Waals surface area (Å²) in [5.74, 6) is -5.57. The van der Waals surface area contributed by atoms with E-state index in [9.17, 15) is 22.0 Å². The maximum Gasteiger partial charge on any atom is 0.335 e. The molecule has 1 aromatic heterocycles. The Morgan fingerprint density at radius 1 is 1.33 bits per heavy atom. The Labute approximate surface area is 117 Å². The second-order valence-electron chi connectivity index (χ2n) is 4.27. The van der Waals surface area contributed by atoms with E-state index in [-0.39, 0.29) is 5.76 Å². The van der Waals surface area contributed by atoms with E-state index in [4.69, 9.17) is 9.63 Å². The van der Waals surface area contributed by atoms with Gasteiger partial charge in [0.25, 0.3) is 0 Å². The third-order valence-electron chi connectivity index (χ3n) is 2.59. The topological polar surface area (TPSA) is 97.5 Å². The second-order valence-corrected chi connectivity index (χ2v) is 6.23. The molecule has 1 heterocycles. The molecule has 112 valence electrons. The number of hydrogen-bond acceptors (Lipinski definition) is 5. The quantitative estimate of drug-likeness (QED) is 0.925. The number of hydrogen-bond donors (Lipinski definition) is 1. The summed E-state index contributed by atoms with van der Waals surface area (Å²) < 4.78 is 55.8. The van der Waals surface area contributed by atoms with Crippen molar-refractivity contribution >= 4 is 15.8 Å². The summed E-state index contributed by atoms with van der Waals surface area (Å²) in [5.41, 5.74) is -0.243. The summed E-state index contributed by atoms with van der Waals surface area (Å²) in [6.45, 7) is 1.56. The minimum atomic E-state index is -4.32. The lowest BCUT2D eigenvalue weighted by Crippen LogP contribution is -2.10. The molecular weight excluding hydrogens is 308 g/mol. The summed E-state index contributed by atoms with van der Waals surface area (Å²) >= 11 is 0. The van der Waals surface area contributed by atoms with Gasteiger partial charge >= 0.3 is 5.97 Å². The van der Waals surface area contributed by atoms with Crippen LogP contribution in [0.25, 0.3) is 0 Å². The van der Waals surface area contributed by atoms with Crippen LogP contribution >= 0.6 is 0 Å². The molecule has 0 spiro atoms. The van der Waals surface area contributed by atoms with Gasteiger partial charge in [-0.3, -0.25) is 0 Å². The zero-order valence-corrected chi connectivity index (χ0v) is 11.4. The molecule has 1 N–H and O–H groups in total. The van der Waals surface area contributed by atoms with Crippen molar-refractivity contribution in [2.24, 2.45) is 0 Å². The Kier molecular flexibility index (Phi) is 3.77. The third kappa shape index (κ3) is 3.07. The van der Waals surface area contributed by atoms with Crippen molar-refractivity contribution in [1.29, 1.82) is 0 Å². The number of aryl methyl sites for hydroxylation is 1. The molecule has 0 aliphatic rings. The van der Waals surface area contributed by atoms with Crippen LogP contribution in [-0.4, -0.2) is 24.7 Å². The van der Waals surface area contributed by atoms with E-state index in [0.717, 1.165) is 0 Å². The van der Waals surface area contributed by atoms with Crippen LogP contribution < -0.4 is 0 Å². The number of aromatic carboxylic acids is 1. The highest BCUT2D eigenvalue weighted by Crippen LogP contribution is 2.24. The summed E-state index contributed by atoms with van der Waals surface area (Å²) in [5, 5.41) is 12.2. The number of aromatic nitrogens is 1. The molecule has 0 aliphatic heterocycles. The first-order valence-corrected chi connectivity index (χ1v) is 7.23. The van der Waals surface area contributed by atoms with Gasteiger partial charge in [-0.1, -0.05) is 5.16 Å². The third-order valence-corrected chi connectivity index (χ3v) is 4.22. The second kappa shape index (κ2) is 5.24. The van der Waals surface area contributed by atoms with Crippen LogP contribution in [0.3, 0.4) is 0 Å². The molecule has 0 bridgehead atoms. The first-order chi connectivity index (χ1) is 9.70. The van der Waals surface area contributed by atoms with Crippen LogP contribution in [-0.2, 0) is 15.6 Å². The fraction of sp³-hybridized carbons (Fsp3) is 0.167. The summed E-state index contributed by atoms with van der Waals surface area (Å²) in [4.78, 5) is 9.76. The lowest BCUT2D eigenvalue weighted by Gasteiger charge is -2.06. The molecule has 0 atom stereocenters. The highest BCUT2D eigenvalue weighted by atomic mass is 32.2. The number of sulfone groups is 1. The maximum atomic E-state index is 13.7. The number of nitrogens with zero attached hydrogens (tertiary/aromatic N) is 1. The predicted octanol–water partition coefficient (Wildman–Crippen LogP) is 1.93. The summed E-state index contributed by atoms with van der Waals surface area (Å²) in [7, 11) is -4.32. The summed E-state index contributed by atoms with van der Waals surface area (Å²) in [6, 6.07) is 2.31. The Bertz CT molecular complexity index is 813. The summed E-state index contributed by atoms with van der Waals surface area (Å²) in [6.07, 6.45) is 0. The van der Waals surface area contributed by atoms with Crippen molar-refractivity contribution in [3.63, 3.8) is 0 Å². The fourth-order valence-electron chi connectivity index (χ4n) is 1.66. The molecule has 6 nitrogen and oxygen atoms in total. The Balaban J connectivity index is 2.51. The lowest BCUT2D eigenvalue weighted by atomic mass is 10.2. The molecular formula is C12H9F2NO5S. The van der Waals surface area contributed by atoms with Gasteiger partial charge in [0, 0.05) is 6.07 Å². The monoisotopic (exact) mass is 317 g/mol. The fourth-order valence-corrected chi connectivity index (χ4v) is 3.01. The van der Waals surface area contributed by atoms with Gasteiger partial charge in [-0.25, -0.2) is 22.0 Å². The van der Waals surface area contributed by atoms with E-state index in [0.29, 0.717) is 17.8 Å². The van der Waals surface area contributed by atoms with E-state index in [1.807, 2.05) is 0 Å². The van der Waals surface area contributed by atoms with Crippen LogP contribution in [0.4, 0.5) is 8.78 Å². The van der Waals surface area contributed by atoms with Crippen LogP contribution in [0.15, 0.2) is 27.6 Å². The first kappa shape index (κ1) is 15.1. The zero-order valence-electron chi connectivity index (χ0n) is 10.6. The first-order valence-electron chi connectivity index (χ1n) is 5.58. The van der Waals surface area contributed by atoms with Crippen molar-refractivity contribution in [3.05, 3.63) is 46.9 Å². The van der Waals surface area contributed by atoms with Crippen molar-refractivity contribution < 1.29 is 31.6 Å². The van der Waals surface area contributed by atoms with E-state index in [1.54, 1.807) is 6.92 Å². The Morgan fingerprint density at radius 3 is 2.52 bits per heavy atom. The molecule has 0 radical (unpaired) electrons. The van der Waals surface area contributed by atoms with E-state index >= 15 is 0 Å². The normalized spacial score (nSPS) is 11.6. The SMILES string of the molecule is Cc1cc(CS(=O)(=O)c2cc(C(=O)O)cc(F)c2F)on1. The molecule has 0 unspecified atom stereocenters. The number of rotatable bonds is 4. The zero-order chi connectivity index (χ0) is 15.8. The largest absolute Gasteiger partial charge is 0.478 e.